The third-order valence-electron chi connectivity index (χ3n) is 3.50. The number of H-pyrrole nitrogens is 1. The van der Waals surface area contributed by atoms with E-state index >= 15 is 0 Å². The summed E-state index contributed by atoms with van der Waals surface area (Å²) in [5, 5.41) is 4.47. The molecule has 3 rings (SSSR count). The average Bonchev–Trinajstić information content (AvgIpc) is 2.98. The highest BCUT2D eigenvalue weighted by molar-refractivity contribution is 7.20. The highest BCUT2D eigenvalue weighted by atomic mass is 35.5. The van der Waals surface area contributed by atoms with Gasteiger partial charge in [0.05, 0.1) is 10.2 Å². The number of aromatic nitrogens is 3. The molecule has 6 heteroatoms. The minimum absolute atomic E-state index is 0.00565. The van der Waals surface area contributed by atoms with E-state index in [1.807, 2.05) is 25.1 Å². The standard InChI is InChI=1S/C15H16ClN3OS/c1-3-4-5-11-9(2)18-19(14(11)20)15-17-12-7-6-10(16)8-13(12)21-15/h6-8,18H,3-5H2,1-2H3. The Morgan fingerprint density at radius 3 is 3.00 bits per heavy atom. The van der Waals surface area contributed by atoms with Crippen molar-refractivity contribution in [2.75, 3.05) is 0 Å². The molecule has 0 radical (unpaired) electrons. The summed E-state index contributed by atoms with van der Waals surface area (Å²) in [6.07, 6.45) is 2.90. The number of hydrogen-bond donors (Lipinski definition) is 1. The molecule has 0 aliphatic carbocycles. The Labute approximate surface area is 131 Å². The normalized spacial score (nSPS) is 11.4. The first-order chi connectivity index (χ1) is 10.1. The fourth-order valence-electron chi connectivity index (χ4n) is 2.35. The van der Waals surface area contributed by atoms with Gasteiger partial charge in [-0.1, -0.05) is 36.3 Å². The molecule has 2 aromatic heterocycles. The number of nitrogens with one attached hydrogen (secondary N) is 1. The van der Waals surface area contributed by atoms with Crippen LogP contribution in [0.1, 0.15) is 31.0 Å². The number of aryl methyl sites for hydroxylation is 1. The van der Waals surface area contributed by atoms with Gasteiger partial charge in [-0.25, -0.2) is 4.98 Å². The Hall–Kier alpha value is -1.59. The van der Waals surface area contributed by atoms with Crippen LogP contribution >= 0.6 is 22.9 Å². The van der Waals surface area contributed by atoms with E-state index in [9.17, 15) is 4.79 Å². The lowest BCUT2D eigenvalue weighted by atomic mass is 10.1. The minimum atomic E-state index is 0.00565. The fourth-order valence-corrected chi connectivity index (χ4v) is 3.55. The Kier molecular flexibility index (Phi) is 3.87. The maximum Gasteiger partial charge on any atom is 0.276 e. The van der Waals surface area contributed by atoms with Crippen molar-refractivity contribution in [1.82, 2.24) is 14.8 Å². The van der Waals surface area contributed by atoms with Crippen molar-refractivity contribution in [3.05, 3.63) is 44.8 Å². The van der Waals surface area contributed by atoms with Crippen LogP contribution in [0.25, 0.3) is 15.3 Å². The third-order valence-corrected chi connectivity index (χ3v) is 4.74. The lowest BCUT2D eigenvalue weighted by molar-refractivity contribution is 0.785. The molecule has 1 N–H and O–H groups in total. The van der Waals surface area contributed by atoms with Crippen molar-refractivity contribution in [3.63, 3.8) is 0 Å². The summed E-state index contributed by atoms with van der Waals surface area (Å²) in [7, 11) is 0. The molecular formula is C15H16ClN3OS. The van der Waals surface area contributed by atoms with Crippen LogP contribution in [0.3, 0.4) is 0 Å². The highest BCUT2D eigenvalue weighted by Crippen LogP contribution is 2.26. The maximum atomic E-state index is 12.5. The Morgan fingerprint density at radius 2 is 2.24 bits per heavy atom. The molecule has 0 saturated carbocycles. The summed E-state index contributed by atoms with van der Waals surface area (Å²) >= 11 is 7.46. The lowest BCUT2D eigenvalue weighted by Crippen LogP contribution is -2.17. The van der Waals surface area contributed by atoms with Crippen LogP contribution in [-0.4, -0.2) is 14.8 Å². The maximum absolute atomic E-state index is 12.5. The highest BCUT2D eigenvalue weighted by Gasteiger charge is 2.15. The van der Waals surface area contributed by atoms with E-state index in [0.29, 0.717) is 10.2 Å². The number of nitrogens with zero attached hydrogens (tertiary/aromatic N) is 2. The van der Waals surface area contributed by atoms with E-state index in [2.05, 4.69) is 17.0 Å². The van der Waals surface area contributed by atoms with Crippen LogP contribution in [0.4, 0.5) is 0 Å². The molecule has 2 heterocycles. The predicted molar refractivity (Wildman–Crippen MR) is 87.9 cm³/mol. The molecule has 0 unspecified atom stereocenters. The third kappa shape index (κ3) is 2.63. The van der Waals surface area contributed by atoms with E-state index in [-0.39, 0.29) is 5.56 Å². The average molecular weight is 322 g/mol. The molecule has 0 aliphatic heterocycles. The zero-order chi connectivity index (χ0) is 15.0. The summed E-state index contributed by atoms with van der Waals surface area (Å²) < 4.78 is 2.52. The number of unbranched alkanes of at least 4 members (excludes halogenated alkanes) is 1. The molecule has 0 atom stereocenters. The number of rotatable bonds is 4. The van der Waals surface area contributed by atoms with Crippen molar-refractivity contribution in [2.45, 2.75) is 33.1 Å². The quantitative estimate of drug-likeness (QED) is 0.787. The monoisotopic (exact) mass is 321 g/mol. The lowest BCUT2D eigenvalue weighted by Gasteiger charge is -1.93. The van der Waals surface area contributed by atoms with Gasteiger partial charge in [-0.2, -0.15) is 4.68 Å². The molecule has 0 amide bonds. The number of thiazole rings is 1. The first-order valence-corrected chi connectivity index (χ1v) is 8.16. The van der Waals surface area contributed by atoms with Crippen LogP contribution in [0.15, 0.2) is 23.0 Å². The largest absolute Gasteiger partial charge is 0.293 e. The van der Waals surface area contributed by atoms with Crippen LogP contribution in [0.2, 0.25) is 5.02 Å². The van der Waals surface area contributed by atoms with Gasteiger partial charge < -0.3 is 0 Å². The zero-order valence-electron chi connectivity index (χ0n) is 11.9. The van der Waals surface area contributed by atoms with Crippen LogP contribution in [0.5, 0.6) is 0 Å². The molecule has 0 aliphatic rings. The van der Waals surface area contributed by atoms with Crippen molar-refractivity contribution >= 4 is 33.2 Å². The van der Waals surface area contributed by atoms with Gasteiger partial charge in [-0.15, -0.1) is 0 Å². The first kappa shape index (κ1) is 14.4. The van der Waals surface area contributed by atoms with Crippen molar-refractivity contribution in [2.24, 2.45) is 0 Å². The number of fused-ring (bicyclic) bond motifs is 1. The smallest absolute Gasteiger partial charge is 0.276 e. The second-order valence-electron chi connectivity index (χ2n) is 5.07. The summed E-state index contributed by atoms with van der Waals surface area (Å²) in [5.41, 5.74) is 2.64. The number of aromatic amines is 1. The van der Waals surface area contributed by atoms with Crippen LogP contribution in [-0.2, 0) is 6.42 Å². The van der Waals surface area contributed by atoms with Gasteiger partial charge in [0.15, 0.2) is 0 Å². The zero-order valence-corrected chi connectivity index (χ0v) is 13.5. The van der Waals surface area contributed by atoms with E-state index < -0.39 is 0 Å². The van der Waals surface area contributed by atoms with Gasteiger partial charge in [0.2, 0.25) is 5.13 Å². The van der Waals surface area contributed by atoms with Crippen LogP contribution < -0.4 is 5.56 Å². The summed E-state index contributed by atoms with van der Waals surface area (Å²) in [6, 6.07) is 5.55. The van der Waals surface area contributed by atoms with Gasteiger partial charge in [-0.05, 0) is 38.0 Å². The fraction of sp³-hybridized carbons (Fsp3) is 0.333. The van der Waals surface area contributed by atoms with Crippen molar-refractivity contribution in [3.8, 4) is 5.13 Å². The number of halogens is 1. The van der Waals surface area contributed by atoms with Crippen molar-refractivity contribution < 1.29 is 0 Å². The minimum Gasteiger partial charge on any atom is -0.293 e. The summed E-state index contributed by atoms with van der Waals surface area (Å²) in [6.45, 7) is 4.06. The summed E-state index contributed by atoms with van der Waals surface area (Å²) in [4.78, 5) is 17.0. The van der Waals surface area contributed by atoms with E-state index in [4.69, 9.17) is 11.6 Å². The van der Waals surface area contributed by atoms with Gasteiger partial charge in [0.1, 0.15) is 0 Å². The van der Waals surface area contributed by atoms with E-state index in [1.54, 1.807) is 4.68 Å². The van der Waals surface area contributed by atoms with E-state index in [0.717, 1.165) is 40.7 Å². The van der Waals surface area contributed by atoms with Gasteiger partial charge in [0.25, 0.3) is 5.56 Å². The Bertz CT molecular complexity index is 846. The number of hydrogen-bond acceptors (Lipinski definition) is 3. The van der Waals surface area contributed by atoms with Gasteiger partial charge in [0, 0.05) is 16.3 Å². The summed E-state index contributed by atoms with van der Waals surface area (Å²) in [5.74, 6) is 0. The SMILES string of the molecule is CCCCc1c(C)[nH]n(-c2nc3ccc(Cl)cc3s2)c1=O. The first-order valence-electron chi connectivity index (χ1n) is 6.97. The second-order valence-corrected chi connectivity index (χ2v) is 6.51. The number of benzene rings is 1. The van der Waals surface area contributed by atoms with E-state index in [1.165, 1.54) is 11.3 Å². The molecule has 3 aromatic rings. The molecule has 0 bridgehead atoms. The molecular weight excluding hydrogens is 306 g/mol. The van der Waals surface area contributed by atoms with Gasteiger partial charge in [-0.3, -0.25) is 9.89 Å². The molecule has 4 nitrogen and oxygen atoms in total. The second kappa shape index (κ2) is 5.66. The molecule has 0 fully saturated rings. The van der Waals surface area contributed by atoms with Crippen LogP contribution in [0, 0.1) is 6.92 Å². The molecule has 1 aromatic carbocycles. The Morgan fingerprint density at radius 1 is 1.43 bits per heavy atom. The topological polar surface area (TPSA) is 50.7 Å². The van der Waals surface area contributed by atoms with Crippen molar-refractivity contribution in [1.29, 1.82) is 0 Å². The molecule has 110 valence electrons. The molecule has 0 spiro atoms. The van der Waals surface area contributed by atoms with Gasteiger partial charge >= 0.3 is 0 Å². The Balaban J connectivity index is 2.08. The molecule has 0 saturated heterocycles. The predicted octanol–water partition coefficient (Wildman–Crippen LogP) is 4.08. The molecule has 21 heavy (non-hydrogen) atoms.